The zero-order valence-electron chi connectivity index (χ0n) is 19.6. The minimum atomic E-state index is -0.476. The highest BCUT2D eigenvalue weighted by Crippen LogP contribution is 2.15. The first-order chi connectivity index (χ1) is 17.0. The van der Waals surface area contributed by atoms with Crippen molar-refractivity contribution < 1.29 is 19.1 Å². The van der Waals surface area contributed by atoms with Gasteiger partial charge in [0.2, 0.25) is 0 Å². The molecule has 0 unspecified atom stereocenters. The van der Waals surface area contributed by atoms with Crippen molar-refractivity contribution in [1.82, 2.24) is 16.0 Å². The normalized spacial score (nSPS) is 10.1. The van der Waals surface area contributed by atoms with Gasteiger partial charge >= 0.3 is 0 Å². The number of carbonyl (C=O) groups is 3. The van der Waals surface area contributed by atoms with E-state index in [0.29, 0.717) is 30.9 Å². The van der Waals surface area contributed by atoms with Crippen LogP contribution in [0.4, 0.5) is 0 Å². The SMILES string of the molecule is CCNC(=O)COc1ccc(C=C(C(=O)NCc2ccccc2)C(=O)NCc2ccccc2)cc1. The van der Waals surface area contributed by atoms with Crippen molar-refractivity contribution in [3.05, 3.63) is 107 Å². The fourth-order valence-corrected chi connectivity index (χ4v) is 3.21. The average molecular weight is 472 g/mol. The Morgan fingerprint density at radius 3 is 1.71 bits per heavy atom. The number of hydrogen-bond donors (Lipinski definition) is 3. The maximum Gasteiger partial charge on any atom is 0.257 e. The summed E-state index contributed by atoms with van der Waals surface area (Å²) < 4.78 is 5.46. The highest BCUT2D eigenvalue weighted by Gasteiger charge is 2.18. The van der Waals surface area contributed by atoms with E-state index in [0.717, 1.165) is 11.1 Å². The third kappa shape index (κ3) is 8.47. The lowest BCUT2D eigenvalue weighted by molar-refractivity contribution is -0.124. The Morgan fingerprint density at radius 1 is 0.714 bits per heavy atom. The Bertz CT molecular complexity index is 1090. The number of carbonyl (C=O) groups excluding carboxylic acids is 3. The molecule has 0 aromatic heterocycles. The van der Waals surface area contributed by atoms with E-state index in [9.17, 15) is 14.4 Å². The van der Waals surface area contributed by atoms with Gasteiger partial charge in [-0.1, -0.05) is 72.8 Å². The summed E-state index contributed by atoms with van der Waals surface area (Å²) in [6.45, 7) is 2.89. The first kappa shape index (κ1) is 25.2. The number of ether oxygens (including phenoxy) is 1. The van der Waals surface area contributed by atoms with E-state index in [1.54, 1.807) is 24.3 Å². The third-order valence-corrected chi connectivity index (χ3v) is 5.02. The molecular weight excluding hydrogens is 442 g/mol. The molecule has 0 aliphatic heterocycles. The van der Waals surface area contributed by atoms with Crippen molar-refractivity contribution >= 4 is 23.8 Å². The molecule has 0 saturated carbocycles. The Kier molecular flexibility index (Phi) is 9.63. The molecule has 0 aliphatic carbocycles. The fourth-order valence-electron chi connectivity index (χ4n) is 3.21. The van der Waals surface area contributed by atoms with Gasteiger partial charge in [-0.05, 0) is 41.8 Å². The van der Waals surface area contributed by atoms with Crippen molar-refractivity contribution in [2.45, 2.75) is 20.0 Å². The smallest absolute Gasteiger partial charge is 0.257 e. The van der Waals surface area contributed by atoms with Crippen molar-refractivity contribution in [1.29, 1.82) is 0 Å². The molecule has 0 bridgehead atoms. The molecule has 3 aromatic rings. The summed E-state index contributed by atoms with van der Waals surface area (Å²) in [5.74, 6) is -0.645. The van der Waals surface area contributed by atoms with E-state index < -0.39 is 11.8 Å². The summed E-state index contributed by atoms with van der Waals surface area (Å²) in [6.07, 6.45) is 1.54. The van der Waals surface area contributed by atoms with Crippen LogP contribution in [0, 0.1) is 0 Å². The van der Waals surface area contributed by atoms with Crippen LogP contribution < -0.4 is 20.7 Å². The van der Waals surface area contributed by atoms with Gasteiger partial charge in [-0.2, -0.15) is 0 Å². The van der Waals surface area contributed by atoms with Crippen LogP contribution in [-0.2, 0) is 27.5 Å². The highest BCUT2D eigenvalue weighted by molar-refractivity contribution is 6.21. The summed E-state index contributed by atoms with van der Waals surface area (Å²) in [4.78, 5) is 37.5. The number of rotatable bonds is 11. The minimum Gasteiger partial charge on any atom is -0.484 e. The molecule has 0 atom stereocenters. The molecule has 0 fully saturated rings. The molecule has 7 nitrogen and oxygen atoms in total. The zero-order valence-corrected chi connectivity index (χ0v) is 19.6. The topological polar surface area (TPSA) is 96.5 Å². The van der Waals surface area contributed by atoms with Gasteiger partial charge in [-0.15, -0.1) is 0 Å². The van der Waals surface area contributed by atoms with Gasteiger partial charge in [0.1, 0.15) is 11.3 Å². The lowest BCUT2D eigenvalue weighted by Crippen LogP contribution is -2.34. The molecular formula is C28H29N3O4. The average Bonchev–Trinajstić information content (AvgIpc) is 2.90. The van der Waals surface area contributed by atoms with Gasteiger partial charge in [0.15, 0.2) is 6.61 Å². The monoisotopic (exact) mass is 471 g/mol. The number of hydrogen-bond acceptors (Lipinski definition) is 4. The van der Waals surface area contributed by atoms with Crippen molar-refractivity contribution in [3.63, 3.8) is 0 Å². The molecule has 3 N–H and O–H groups in total. The second-order valence-electron chi connectivity index (χ2n) is 7.71. The van der Waals surface area contributed by atoms with E-state index in [-0.39, 0.29) is 18.1 Å². The van der Waals surface area contributed by atoms with Crippen LogP contribution in [0.15, 0.2) is 90.5 Å². The Labute approximate surface area is 205 Å². The van der Waals surface area contributed by atoms with Gasteiger partial charge in [-0.3, -0.25) is 14.4 Å². The number of amides is 3. The van der Waals surface area contributed by atoms with Crippen molar-refractivity contribution in [2.24, 2.45) is 0 Å². The predicted molar refractivity (Wildman–Crippen MR) is 135 cm³/mol. The fraction of sp³-hybridized carbons (Fsp3) is 0.179. The van der Waals surface area contributed by atoms with Crippen LogP contribution in [0.5, 0.6) is 5.75 Å². The lowest BCUT2D eigenvalue weighted by Gasteiger charge is -2.11. The quantitative estimate of drug-likeness (QED) is 0.227. The van der Waals surface area contributed by atoms with Crippen LogP contribution in [0.2, 0.25) is 0 Å². The molecule has 3 rings (SSSR count). The minimum absolute atomic E-state index is 0.00662. The molecule has 3 amide bonds. The van der Waals surface area contributed by atoms with E-state index in [2.05, 4.69) is 16.0 Å². The maximum atomic E-state index is 13.0. The molecule has 35 heavy (non-hydrogen) atoms. The van der Waals surface area contributed by atoms with Gasteiger partial charge in [-0.25, -0.2) is 0 Å². The number of nitrogens with one attached hydrogen (secondary N) is 3. The zero-order chi connectivity index (χ0) is 24.9. The number of likely N-dealkylation sites (N-methyl/N-ethyl adjacent to an activating group) is 1. The van der Waals surface area contributed by atoms with Crippen LogP contribution in [-0.4, -0.2) is 30.9 Å². The summed E-state index contributed by atoms with van der Waals surface area (Å²) in [7, 11) is 0. The molecule has 0 radical (unpaired) electrons. The second-order valence-corrected chi connectivity index (χ2v) is 7.71. The Morgan fingerprint density at radius 2 is 1.23 bits per heavy atom. The lowest BCUT2D eigenvalue weighted by atomic mass is 10.1. The number of benzene rings is 3. The molecule has 7 heteroatoms. The van der Waals surface area contributed by atoms with Crippen LogP contribution >= 0.6 is 0 Å². The first-order valence-electron chi connectivity index (χ1n) is 11.4. The van der Waals surface area contributed by atoms with E-state index in [1.807, 2.05) is 67.6 Å². The van der Waals surface area contributed by atoms with Crippen LogP contribution in [0.1, 0.15) is 23.6 Å². The van der Waals surface area contributed by atoms with Gasteiger partial charge in [0.05, 0.1) is 0 Å². The molecule has 180 valence electrons. The standard InChI is InChI=1S/C28H29N3O4/c1-2-29-26(32)20-35-24-15-13-21(14-16-24)17-25(27(33)30-18-22-9-5-3-6-10-22)28(34)31-19-23-11-7-4-8-12-23/h3-17H,2,18-20H2,1H3,(H,29,32)(H,30,33)(H,31,34). The summed E-state index contributed by atoms with van der Waals surface area (Å²) in [6, 6.07) is 25.8. The molecule has 3 aromatic carbocycles. The maximum absolute atomic E-state index is 13.0. The summed E-state index contributed by atoms with van der Waals surface area (Å²) in [5.41, 5.74) is 2.50. The summed E-state index contributed by atoms with van der Waals surface area (Å²) in [5, 5.41) is 8.30. The molecule has 0 aliphatic rings. The molecule has 0 heterocycles. The predicted octanol–water partition coefficient (Wildman–Crippen LogP) is 3.22. The van der Waals surface area contributed by atoms with E-state index in [1.165, 1.54) is 6.08 Å². The molecule has 0 spiro atoms. The van der Waals surface area contributed by atoms with Crippen LogP contribution in [0.25, 0.3) is 6.08 Å². The van der Waals surface area contributed by atoms with Crippen molar-refractivity contribution in [3.8, 4) is 5.75 Å². The van der Waals surface area contributed by atoms with Crippen LogP contribution in [0.3, 0.4) is 0 Å². The van der Waals surface area contributed by atoms with Gasteiger partial charge in [0.25, 0.3) is 17.7 Å². The largest absolute Gasteiger partial charge is 0.484 e. The molecule has 0 saturated heterocycles. The Hall–Kier alpha value is -4.39. The van der Waals surface area contributed by atoms with Gasteiger partial charge in [0, 0.05) is 19.6 Å². The first-order valence-corrected chi connectivity index (χ1v) is 11.4. The summed E-state index contributed by atoms with van der Waals surface area (Å²) >= 11 is 0. The Balaban J connectivity index is 1.72. The van der Waals surface area contributed by atoms with Gasteiger partial charge < -0.3 is 20.7 Å². The van der Waals surface area contributed by atoms with E-state index >= 15 is 0 Å². The second kappa shape index (κ2) is 13.3. The highest BCUT2D eigenvalue weighted by atomic mass is 16.5. The van der Waals surface area contributed by atoms with Crippen molar-refractivity contribution in [2.75, 3.05) is 13.2 Å². The third-order valence-electron chi connectivity index (χ3n) is 5.02. The van der Waals surface area contributed by atoms with E-state index in [4.69, 9.17) is 4.74 Å².